The molecule has 0 saturated heterocycles. The molecule has 31 heavy (non-hydrogen) atoms. The number of nitrogens with zero attached hydrogens (tertiary/aromatic N) is 1. The molecule has 0 radical (unpaired) electrons. The lowest BCUT2D eigenvalue weighted by atomic mass is 10.0. The first-order valence-corrected chi connectivity index (χ1v) is 11.3. The van der Waals surface area contributed by atoms with Crippen molar-refractivity contribution in [2.24, 2.45) is 5.14 Å². The Morgan fingerprint density at radius 2 is 1.65 bits per heavy atom. The number of sulfonamides is 1. The molecule has 0 unspecified atom stereocenters. The molecule has 4 aromatic rings. The van der Waals surface area contributed by atoms with Crippen LogP contribution in [-0.2, 0) is 16.6 Å². The number of para-hydroxylation sites is 1. The van der Waals surface area contributed by atoms with Gasteiger partial charge in [0.1, 0.15) is 0 Å². The van der Waals surface area contributed by atoms with E-state index >= 15 is 0 Å². The summed E-state index contributed by atoms with van der Waals surface area (Å²) in [5.41, 5.74) is 3.24. The normalized spacial score (nSPS) is 11.4. The lowest BCUT2D eigenvalue weighted by Gasteiger charge is -2.11. The molecule has 0 saturated carbocycles. The molecule has 0 bridgehead atoms. The Labute approximate surface area is 184 Å². The molecule has 1 aromatic heterocycles. The number of hydrogen-bond donors (Lipinski definition) is 2. The number of nitrogens with one attached hydrogen (secondary N) is 1. The molecule has 0 aliphatic rings. The Bertz CT molecular complexity index is 1390. The standard InChI is InChI=1S/C23H18ClN3O3S/c24-20-7-3-1-6-18(20)22-13-19(17-5-2-4-8-21(17)27-22)23(28)26-14-15-9-11-16(12-10-15)31(25,29)30/h1-13H,14H2,(H,26,28)(H2,25,29,30). The average molecular weight is 452 g/mol. The van der Waals surface area contributed by atoms with Gasteiger partial charge >= 0.3 is 0 Å². The molecule has 6 nitrogen and oxygen atoms in total. The molecule has 0 atom stereocenters. The minimum absolute atomic E-state index is 0.0204. The molecule has 0 aliphatic heterocycles. The number of aromatic nitrogens is 1. The molecular formula is C23H18ClN3O3S. The van der Waals surface area contributed by atoms with Gasteiger partial charge in [-0.15, -0.1) is 0 Å². The molecule has 1 heterocycles. The van der Waals surface area contributed by atoms with Crippen molar-refractivity contribution in [3.05, 3.63) is 95.0 Å². The Morgan fingerprint density at radius 1 is 0.968 bits per heavy atom. The summed E-state index contributed by atoms with van der Waals surface area (Å²) < 4.78 is 22.8. The van der Waals surface area contributed by atoms with E-state index in [2.05, 4.69) is 10.3 Å². The molecule has 0 aliphatic carbocycles. The molecule has 4 rings (SSSR count). The smallest absolute Gasteiger partial charge is 0.252 e. The number of carbonyl (C=O) groups is 1. The summed E-state index contributed by atoms with van der Waals surface area (Å²) in [5, 5.41) is 9.27. The van der Waals surface area contributed by atoms with Crippen molar-refractivity contribution in [1.82, 2.24) is 10.3 Å². The van der Waals surface area contributed by atoms with Crippen molar-refractivity contribution in [2.45, 2.75) is 11.4 Å². The number of primary sulfonamides is 1. The van der Waals surface area contributed by atoms with Gasteiger partial charge in [-0.1, -0.05) is 60.1 Å². The van der Waals surface area contributed by atoms with E-state index < -0.39 is 10.0 Å². The van der Waals surface area contributed by atoms with E-state index in [1.54, 1.807) is 24.3 Å². The van der Waals surface area contributed by atoms with E-state index in [0.717, 1.165) is 16.5 Å². The largest absolute Gasteiger partial charge is 0.348 e. The van der Waals surface area contributed by atoms with Crippen molar-refractivity contribution >= 4 is 38.4 Å². The number of benzene rings is 3. The zero-order chi connectivity index (χ0) is 22.0. The summed E-state index contributed by atoms with van der Waals surface area (Å²) in [4.78, 5) is 17.7. The third kappa shape index (κ3) is 4.59. The molecule has 156 valence electrons. The molecule has 3 aromatic carbocycles. The molecular weight excluding hydrogens is 434 g/mol. The fourth-order valence-corrected chi connectivity index (χ4v) is 3.99. The number of nitrogens with two attached hydrogens (primary N) is 1. The van der Waals surface area contributed by atoms with Crippen molar-refractivity contribution in [3.63, 3.8) is 0 Å². The second kappa shape index (κ2) is 8.47. The van der Waals surface area contributed by atoms with Crippen LogP contribution in [0, 0.1) is 0 Å². The summed E-state index contributed by atoms with van der Waals surface area (Å²) in [6.07, 6.45) is 0. The maximum absolute atomic E-state index is 13.0. The number of fused-ring (bicyclic) bond motifs is 1. The molecule has 3 N–H and O–H groups in total. The Morgan fingerprint density at radius 3 is 2.35 bits per heavy atom. The van der Waals surface area contributed by atoms with Crippen LogP contribution >= 0.6 is 11.6 Å². The number of rotatable bonds is 5. The minimum atomic E-state index is -3.76. The number of pyridine rings is 1. The van der Waals surface area contributed by atoms with Crippen LogP contribution in [0.4, 0.5) is 0 Å². The lowest BCUT2D eigenvalue weighted by Crippen LogP contribution is -2.23. The molecule has 0 fully saturated rings. The van der Waals surface area contributed by atoms with Crippen LogP contribution in [0.3, 0.4) is 0 Å². The minimum Gasteiger partial charge on any atom is -0.348 e. The number of carbonyl (C=O) groups excluding carboxylic acids is 1. The van der Waals surface area contributed by atoms with Crippen LogP contribution in [0.15, 0.2) is 83.8 Å². The summed E-state index contributed by atoms with van der Waals surface area (Å²) in [6.45, 7) is 0.224. The first-order valence-electron chi connectivity index (χ1n) is 9.37. The quantitative estimate of drug-likeness (QED) is 0.476. The van der Waals surface area contributed by atoms with Crippen LogP contribution < -0.4 is 10.5 Å². The Kier molecular flexibility index (Phi) is 5.73. The lowest BCUT2D eigenvalue weighted by molar-refractivity contribution is 0.0952. The van der Waals surface area contributed by atoms with E-state index in [-0.39, 0.29) is 17.3 Å². The second-order valence-corrected chi connectivity index (χ2v) is 8.89. The number of amides is 1. The van der Waals surface area contributed by atoms with Gasteiger partial charge in [0, 0.05) is 22.5 Å². The van der Waals surface area contributed by atoms with Crippen LogP contribution in [-0.4, -0.2) is 19.3 Å². The van der Waals surface area contributed by atoms with Crippen molar-refractivity contribution in [2.75, 3.05) is 0 Å². The predicted molar refractivity (Wildman–Crippen MR) is 121 cm³/mol. The van der Waals surface area contributed by atoms with Crippen LogP contribution in [0.1, 0.15) is 15.9 Å². The van der Waals surface area contributed by atoms with Crippen LogP contribution in [0.5, 0.6) is 0 Å². The zero-order valence-corrected chi connectivity index (χ0v) is 17.8. The highest BCUT2D eigenvalue weighted by atomic mass is 35.5. The summed E-state index contributed by atoms with van der Waals surface area (Å²) in [7, 11) is -3.76. The van der Waals surface area contributed by atoms with Crippen molar-refractivity contribution in [1.29, 1.82) is 0 Å². The second-order valence-electron chi connectivity index (χ2n) is 6.92. The Balaban J connectivity index is 1.65. The SMILES string of the molecule is NS(=O)(=O)c1ccc(CNC(=O)c2cc(-c3ccccc3Cl)nc3ccccc23)cc1. The van der Waals surface area contributed by atoms with E-state index in [1.165, 1.54) is 12.1 Å². The highest BCUT2D eigenvalue weighted by Gasteiger charge is 2.15. The molecule has 0 spiro atoms. The summed E-state index contributed by atoms with van der Waals surface area (Å²) >= 11 is 6.34. The first-order chi connectivity index (χ1) is 14.8. The maximum atomic E-state index is 13.0. The fourth-order valence-electron chi connectivity index (χ4n) is 3.24. The number of halogens is 1. The Hall–Kier alpha value is -3.26. The number of hydrogen-bond acceptors (Lipinski definition) is 4. The van der Waals surface area contributed by atoms with Crippen LogP contribution in [0.25, 0.3) is 22.2 Å². The molecule has 1 amide bonds. The first kappa shape index (κ1) is 21.0. The average Bonchev–Trinajstić information content (AvgIpc) is 2.76. The summed E-state index contributed by atoms with van der Waals surface area (Å²) in [6, 6.07) is 22.5. The van der Waals surface area contributed by atoms with Gasteiger partial charge in [-0.05, 0) is 35.9 Å². The van der Waals surface area contributed by atoms with Gasteiger partial charge in [0.2, 0.25) is 10.0 Å². The van der Waals surface area contributed by atoms with Gasteiger partial charge in [-0.25, -0.2) is 18.5 Å². The van der Waals surface area contributed by atoms with E-state index in [0.29, 0.717) is 21.8 Å². The third-order valence-electron chi connectivity index (χ3n) is 4.82. The van der Waals surface area contributed by atoms with Gasteiger partial charge < -0.3 is 5.32 Å². The monoisotopic (exact) mass is 451 g/mol. The highest BCUT2D eigenvalue weighted by Crippen LogP contribution is 2.29. The van der Waals surface area contributed by atoms with E-state index in [4.69, 9.17) is 16.7 Å². The van der Waals surface area contributed by atoms with Crippen molar-refractivity contribution in [3.8, 4) is 11.3 Å². The van der Waals surface area contributed by atoms with Gasteiger partial charge in [0.25, 0.3) is 5.91 Å². The predicted octanol–water partition coefficient (Wildman–Crippen LogP) is 4.13. The van der Waals surface area contributed by atoms with Gasteiger partial charge in [-0.2, -0.15) is 0 Å². The third-order valence-corrected chi connectivity index (χ3v) is 6.07. The fraction of sp³-hybridized carbons (Fsp3) is 0.0435. The maximum Gasteiger partial charge on any atom is 0.252 e. The van der Waals surface area contributed by atoms with Crippen LogP contribution in [0.2, 0.25) is 5.02 Å². The van der Waals surface area contributed by atoms with E-state index in [1.807, 2.05) is 42.5 Å². The van der Waals surface area contributed by atoms with Gasteiger partial charge in [0.15, 0.2) is 0 Å². The zero-order valence-electron chi connectivity index (χ0n) is 16.2. The van der Waals surface area contributed by atoms with Gasteiger partial charge in [0.05, 0.1) is 21.7 Å². The molecule has 8 heteroatoms. The topological polar surface area (TPSA) is 102 Å². The van der Waals surface area contributed by atoms with Gasteiger partial charge in [-0.3, -0.25) is 4.79 Å². The van der Waals surface area contributed by atoms with Crippen molar-refractivity contribution < 1.29 is 13.2 Å². The van der Waals surface area contributed by atoms with E-state index in [9.17, 15) is 13.2 Å². The summed E-state index contributed by atoms with van der Waals surface area (Å²) in [5.74, 6) is -0.276. The highest BCUT2D eigenvalue weighted by molar-refractivity contribution is 7.89.